The number of halogens is 1. The molecule has 16 heavy (non-hydrogen) atoms. The lowest BCUT2D eigenvalue weighted by Crippen LogP contribution is -2.04. The van der Waals surface area contributed by atoms with Crippen LogP contribution in [0.25, 0.3) is 11.5 Å². The van der Waals surface area contributed by atoms with E-state index < -0.39 is 0 Å². The zero-order valence-electron chi connectivity index (χ0n) is 9.18. The molecule has 2 rings (SSSR count). The first-order valence-corrected chi connectivity index (χ1v) is 4.83. The second-order valence-electron chi connectivity index (χ2n) is 3.60. The Balaban J connectivity index is 0.00000128. The van der Waals surface area contributed by atoms with Crippen LogP contribution in [0.5, 0.6) is 0 Å². The van der Waals surface area contributed by atoms with Crippen LogP contribution >= 0.6 is 12.4 Å². The molecule has 0 bridgehead atoms. The molecule has 0 aliphatic heterocycles. The minimum absolute atomic E-state index is 0. The van der Waals surface area contributed by atoms with Gasteiger partial charge in [-0.15, -0.1) is 22.6 Å². The number of hydrogen-bond acceptors (Lipinski definition) is 4. The van der Waals surface area contributed by atoms with Gasteiger partial charge in [0, 0.05) is 5.56 Å². The summed E-state index contributed by atoms with van der Waals surface area (Å²) in [6, 6.07) is 7.69. The molecular weight excluding hydrogens is 226 g/mol. The van der Waals surface area contributed by atoms with Crippen molar-refractivity contribution in [2.45, 2.75) is 19.9 Å². The van der Waals surface area contributed by atoms with Crippen LogP contribution in [-0.2, 0) is 0 Å². The van der Waals surface area contributed by atoms with Gasteiger partial charge in [0.25, 0.3) is 0 Å². The Morgan fingerprint density at radius 3 is 2.31 bits per heavy atom. The summed E-state index contributed by atoms with van der Waals surface area (Å²) in [6.45, 7) is 3.84. The molecule has 0 saturated heterocycles. The second-order valence-corrected chi connectivity index (χ2v) is 3.60. The smallest absolute Gasteiger partial charge is 0.247 e. The van der Waals surface area contributed by atoms with E-state index >= 15 is 0 Å². The monoisotopic (exact) mass is 239 g/mol. The maximum atomic E-state index is 5.63. The molecule has 0 aliphatic rings. The third-order valence-electron chi connectivity index (χ3n) is 2.13. The third-order valence-corrected chi connectivity index (χ3v) is 2.13. The molecule has 0 aliphatic carbocycles. The fourth-order valence-electron chi connectivity index (χ4n) is 1.23. The van der Waals surface area contributed by atoms with Gasteiger partial charge in [-0.2, -0.15) is 0 Å². The van der Waals surface area contributed by atoms with Crippen molar-refractivity contribution in [3.8, 4) is 11.5 Å². The molecule has 0 spiro atoms. The summed E-state index contributed by atoms with van der Waals surface area (Å²) >= 11 is 0. The molecule has 4 nitrogen and oxygen atoms in total. The predicted molar refractivity (Wildman–Crippen MR) is 64.3 cm³/mol. The Labute approximate surface area is 100 Å². The van der Waals surface area contributed by atoms with Crippen molar-refractivity contribution in [1.82, 2.24) is 10.2 Å². The van der Waals surface area contributed by atoms with Gasteiger partial charge in [-0.3, -0.25) is 0 Å². The molecule has 1 aromatic heterocycles. The van der Waals surface area contributed by atoms with Crippen LogP contribution in [-0.4, -0.2) is 10.2 Å². The average molecular weight is 240 g/mol. The van der Waals surface area contributed by atoms with E-state index in [2.05, 4.69) is 10.2 Å². The van der Waals surface area contributed by atoms with E-state index in [0.717, 1.165) is 5.56 Å². The van der Waals surface area contributed by atoms with Crippen LogP contribution in [0.2, 0.25) is 0 Å². The van der Waals surface area contributed by atoms with Crippen molar-refractivity contribution in [2.24, 2.45) is 5.73 Å². The van der Waals surface area contributed by atoms with Gasteiger partial charge in [0.05, 0.1) is 6.04 Å². The number of aromatic nitrogens is 2. The van der Waals surface area contributed by atoms with Crippen molar-refractivity contribution in [2.75, 3.05) is 0 Å². The lowest BCUT2D eigenvalue weighted by molar-refractivity contribution is 0.473. The molecule has 1 atom stereocenters. The van der Waals surface area contributed by atoms with E-state index in [1.54, 1.807) is 0 Å². The highest BCUT2D eigenvalue weighted by Gasteiger charge is 2.10. The summed E-state index contributed by atoms with van der Waals surface area (Å²) in [6.07, 6.45) is 0. The van der Waals surface area contributed by atoms with Crippen LogP contribution in [0.4, 0.5) is 0 Å². The molecule has 2 N–H and O–H groups in total. The summed E-state index contributed by atoms with van der Waals surface area (Å²) in [5.74, 6) is 0.980. The van der Waals surface area contributed by atoms with Gasteiger partial charge in [-0.25, -0.2) is 0 Å². The summed E-state index contributed by atoms with van der Waals surface area (Å²) in [5, 5.41) is 7.81. The van der Waals surface area contributed by atoms with Gasteiger partial charge in [0.2, 0.25) is 11.8 Å². The van der Waals surface area contributed by atoms with E-state index in [4.69, 9.17) is 10.2 Å². The molecule has 5 heteroatoms. The zero-order chi connectivity index (χ0) is 10.8. The van der Waals surface area contributed by atoms with Gasteiger partial charge in [0.15, 0.2) is 0 Å². The Bertz CT molecular complexity index is 451. The largest absolute Gasteiger partial charge is 0.419 e. The highest BCUT2D eigenvalue weighted by molar-refractivity contribution is 5.85. The molecule has 86 valence electrons. The van der Waals surface area contributed by atoms with Crippen LogP contribution in [0, 0.1) is 6.92 Å². The highest BCUT2D eigenvalue weighted by atomic mass is 35.5. The molecule has 0 fully saturated rings. The molecule has 1 heterocycles. The molecule has 0 amide bonds. The van der Waals surface area contributed by atoms with E-state index in [0.29, 0.717) is 11.8 Å². The van der Waals surface area contributed by atoms with E-state index in [9.17, 15) is 0 Å². The Morgan fingerprint density at radius 2 is 1.81 bits per heavy atom. The van der Waals surface area contributed by atoms with E-state index in [-0.39, 0.29) is 18.4 Å². The fraction of sp³-hybridized carbons (Fsp3) is 0.273. The summed E-state index contributed by atoms with van der Waals surface area (Å²) in [4.78, 5) is 0. The number of rotatable bonds is 2. The summed E-state index contributed by atoms with van der Waals surface area (Å²) < 4.78 is 5.42. The quantitative estimate of drug-likeness (QED) is 0.875. The molecule has 0 unspecified atom stereocenters. The molecular formula is C11H14ClN3O. The van der Waals surface area contributed by atoms with Crippen molar-refractivity contribution >= 4 is 12.4 Å². The first-order chi connectivity index (χ1) is 7.16. The lowest BCUT2D eigenvalue weighted by Gasteiger charge is -1.96. The Kier molecular flexibility index (Phi) is 4.04. The van der Waals surface area contributed by atoms with Gasteiger partial charge in [0.1, 0.15) is 0 Å². The van der Waals surface area contributed by atoms with Gasteiger partial charge >= 0.3 is 0 Å². The van der Waals surface area contributed by atoms with E-state index in [1.165, 1.54) is 5.56 Å². The van der Waals surface area contributed by atoms with Crippen LogP contribution in [0.3, 0.4) is 0 Å². The SMILES string of the molecule is Cc1ccc(-c2nnc([C@H](C)N)o2)cc1.Cl. The van der Waals surface area contributed by atoms with Crippen LogP contribution < -0.4 is 5.73 Å². The van der Waals surface area contributed by atoms with Crippen molar-refractivity contribution in [1.29, 1.82) is 0 Å². The first-order valence-electron chi connectivity index (χ1n) is 4.83. The summed E-state index contributed by atoms with van der Waals surface area (Å²) in [5.41, 5.74) is 7.75. The lowest BCUT2D eigenvalue weighted by atomic mass is 10.1. The number of nitrogens with zero attached hydrogens (tertiary/aromatic N) is 2. The minimum atomic E-state index is -0.225. The van der Waals surface area contributed by atoms with Crippen molar-refractivity contribution in [3.05, 3.63) is 35.7 Å². The number of aryl methyl sites for hydroxylation is 1. The molecule has 2 aromatic rings. The number of benzene rings is 1. The Hall–Kier alpha value is -1.39. The normalized spacial score (nSPS) is 11.9. The second kappa shape index (κ2) is 5.09. The maximum absolute atomic E-state index is 5.63. The summed E-state index contributed by atoms with van der Waals surface area (Å²) in [7, 11) is 0. The van der Waals surface area contributed by atoms with Crippen molar-refractivity contribution in [3.63, 3.8) is 0 Å². The standard InChI is InChI=1S/C11H13N3O.ClH/c1-7-3-5-9(6-4-7)11-14-13-10(15-11)8(2)12;/h3-6,8H,12H2,1-2H3;1H/t8-;/m0./s1. The van der Waals surface area contributed by atoms with Gasteiger partial charge < -0.3 is 10.2 Å². The van der Waals surface area contributed by atoms with E-state index in [1.807, 2.05) is 38.1 Å². The van der Waals surface area contributed by atoms with Gasteiger partial charge in [-0.05, 0) is 26.0 Å². The molecule has 0 saturated carbocycles. The molecule has 0 radical (unpaired) electrons. The van der Waals surface area contributed by atoms with Gasteiger partial charge in [-0.1, -0.05) is 17.7 Å². The topological polar surface area (TPSA) is 64.9 Å². The number of hydrogen-bond donors (Lipinski definition) is 1. The number of nitrogens with two attached hydrogens (primary N) is 1. The van der Waals surface area contributed by atoms with Crippen LogP contribution in [0.1, 0.15) is 24.4 Å². The first kappa shape index (κ1) is 12.7. The van der Waals surface area contributed by atoms with Crippen molar-refractivity contribution < 1.29 is 4.42 Å². The highest BCUT2D eigenvalue weighted by Crippen LogP contribution is 2.19. The average Bonchev–Trinajstić information content (AvgIpc) is 2.68. The van der Waals surface area contributed by atoms with Crippen LogP contribution in [0.15, 0.2) is 28.7 Å². The molecule has 1 aromatic carbocycles. The zero-order valence-corrected chi connectivity index (χ0v) is 9.99. The Morgan fingerprint density at radius 1 is 1.19 bits per heavy atom. The fourth-order valence-corrected chi connectivity index (χ4v) is 1.23. The minimum Gasteiger partial charge on any atom is -0.419 e. The predicted octanol–water partition coefficient (Wildman–Crippen LogP) is 2.49. The maximum Gasteiger partial charge on any atom is 0.247 e. The third kappa shape index (κ3) is 2.59.